The predicted molar refractivity (Wildman–Crippen MR) is 213 cm³/mol. The van der Waals surface area contributed by atoms with Crippen LogP contribution < -0.4 is 9.64 Å². The molecule has 53 heavy (non-hydrogen) atoms. The van der Waals surface area contributed by atoms with Gasteiger partial charge in [-0.2, -0.15) is 0 Å². The molecular weight excluding hydrogens is 832 g/mol. The van der Waals surface area contributed by atoms with Gasteiger partial charge in [0.25, 0.3) is 0 Å². The minimum absolute atomic E-state index is 0.0102. The Hall–Kier alpha value is -4.21. The summed E-state index contributed by atoms with van der Waals surface area (Å²) in [5.74, 6) is 2.15. The van der Waals surface area contributed by atoms with Crippen LogP contribution in [0.2, 0.25) is 0 Å². The molecule has 0 saturated carbocycles. The van der Waals surface area contributed by atoms with Crippen LogP contribution in [0.4, 0.5) is 17.2 Å². The fourth-order valence-electron chi connectivity index (χ4n) is 8.71. The van der Waals surface area contributed by atoms with Crippen LogP contribution in [0.15, 0.2) is 85.1 Å². The van der Waals surface area contributed by atoms with Crippen molar-refractivity contribution in [1.82, 2.24) is 14.1 Å². The SMILES string of the molecule is Cn1[c](=[Pt])n(-c2[c-]c(Oc3[c-]c4c(cc3)C(C)(C)c3cc5c(cc3N4c3cc(C(C)(C)C)ccn3)C(C)(C)C(C)(C)C5(C)C)ccc2)c2ccccc21. The number of aryl methyl sites for hydroxylation is 1. The van der Waals surface area contributed by atoms with E-state index < -0.39 is 0 Å². The molecule has 0 fully saturated rings. The van der Waals surface area contributed by atoms with E-state index in [0.29, 0.717) is 11.5 Å². The Morgan fingerprint density at radius 2 is 1.36 bits per heavy atom. The van der Waals surface area contributed by atoms with Gasteiger partial charge >= 0.3 is 209 Å². The molecule has 1 aliphatic heterocycles. The summed E-state index contributed by atoms with van der Waals surface area (Å²) in [7, 11) is 2.10. The van der Waals surface area contributed by atoms with Crippen LogP contribution in [0.25, 0.3) is 16.7 Å². The first kappa shape index (κ1) is 35.8. The van der Waals surface area contributed by atoms with Crippen LogP contribution >= 0.6 is 0 Å². The van der Waals surface area contributed by atoms with Crippen molar-refractivity contribution >= 4 is 28.2 Å². The Morgan fingerprint density at radius 3 is 2.06 bits per heavy atom. The Morgan fingerprint density at radius 1 is 0.698 bits per heavy atom. The van der Waals surface area contributed by atoms with Gasteiger partial charge in [0.2, 0.25) is 0 Å². The van der Waals surface area contributed by atoms with Gasteiger partial charge in [-0.1, -0.05) is 68.4 Å². The van der Waals surface area contributed by atoms with Crippen LogP contribution in [-0.4, -0.2) is 14.1 Å². The second kappa shape index (κ2) is 11.6. The molecule has 2 aliphatic rings. The number of para-hydroxylation sites is 2. The number of anilines is 3. The Labute approximate surface area is 326 Å². The first-order valence-electron chi connectivity index (χ1n) is 18.6. The van der Waals surface area contributed by atoms with Crippen LogP contribution in [0.3, 0.4) is 0 Å². The fourth-order valence-corrected chi connectivity index (χ4v) is 9.54. The molecule has 8 rings (SSSR count). The second-order valence-corrected chi connectivity index (χ2v) is 19.1. The zero-order valence-corrected chi connectivity index (χ0v) is 35.4. The van der Waals surface area contributed by atoms with E-state index in [1.807, 2.05) is 18.3 Å². The average Bonchev–Trinajstić information content (AvgIpc) is 3.41. The Kier molecular flexibility index (Phi) is 7.86. The van der Waals surface area contributed by atoms with Gasteiger partial charge in [-0.05, 0) is 44.4 Å². The molecule has 5 nitrogen and oxygen atoms in total. The van der Waals surface area contributed by atoms with Crippen molar-refractivity contribution in [2.45, 2.75) is 97.8 Å². The molecule has 0 unspecified atom stereocenters. The molecule has 1 aliphatic carbocycles. The first-order chi connectivity index (χ1) is 24.8. The number of fused-ring (bicyclic) bond motifs is 4. The maximum absolute atomic E-state index is 6.66. The Bertz CT molecular complexity index is 2520. The van der Waals surface area contributed by atoms with E-state index >= 15 is 0 Å². The number of nitrogens with zero attached hydrogens (tertiary/aromatic N) is 4. The number of benzene rings is 4. The van der Waals surface area contributed by atoms with Crippen molar-refractivity contribution in [1.29, 1.82) is 0 Å². The summed E-state index contributed by atoms with van der Waals surface area (Å²) in [4.78, 5) is 7.39. The second-order valence-electron chi connectivity index (χ2n) is 18.1. The van der Waals surface area contributed by atoms with Gasteiger partial charge in [-0.25, -0.2) is 0 Å². The molecule has 0 amide bonds. The van der Waals surface area contributed by atoms with Crippen molar-refractivity contribution in [2.75, 3.05) is 4.90 Å². The van der Waals surface area contributed by atoms with E-state index in [1.54, 1.807) is 0 Å². The molecule has 6 heteroatoms. The van der Waals surface area contributed by atoms with Gasteiger partial charge in [0.15, 0.2) is 0 Å². The number of imidazole rings is 1. The topological polar surface area (TPSA) is 35.2 Å². The number of hydrogen-bond acceptors (Lipinski definition) is 3. The van der Waals surface area contributed by atoms with Crippen molar-refractivity contribution in [3.63, 3.8) is 0 Å². The third kappa shape index (κ3) is 5.13. The van der Waals surface area contributed by atoms with E-state index in [-0.39, 0.29) is 27.1 Å². The quantitative estimate of drug-likeness (QED) is 0.166. The molecule has 0 spiro atoms. The number of rotatable bonds is 4. The van der Waals surface area contributed by atoms with Crippen molar-refractivity contribution in [2.24, 2.45) is 12.5 Å². The predicted octanol–water partition coefficient (Wildman–Crippen LogP) is 11.8. The van der Waals surface area contributed by atoms with Gasteiger partial charge in [0, 0.05) is 6.20 Å². The van der Waals surface area contributed by atoms with Crippen LogP contribution in [0, 0.1) is 21.4 Å². The molecule has 0 bridgehead atoms. The summed E-state index contributed by atoms with van der Waals surface area (Å²) in [5, 5.41) is 0. The third-order valence-electron chi connectivity index (χ3n) is 13.3. The monoisotopic (exact) mass is 881 g/mol. The first-order valence-corrected chi connectivity index (χ1v) is 19.8. The van der Waals surface area contributed by atoms with Gasteiger partial charge < -0.3 is 0 Å². The molecule has 0 atom stereocenters. The van der Waals surface area contributed by atoms with E-state index in [4.69, 9.17) is 9.72 Å². The number of hydrogen-bond donors (Lipinski definition) is 0. The standard InChI is InChI=1S/C47H50N4O.Pt/c1-43(2,3)30-22-23-48-42(24-30)51-40-26-33(52-32-17-15-16-31(25-32)50-29-49(12)38-18-13-14-19-39(38)50)20-21-34(40)44(4,5)37-27-35-36(28-41(37)51)46(8,9)47(10,11)45(35,6)7;/h13-24,27-28H,1-12H3;/q-2;. The molecule has 6 aromatic rings. The van der Waals surface area contributed by atoms with Crippen molar-refractivity contribution in [3.8, 4) is 17.2 Å². The molecule has 276 valence electrons. The summed E-state index contributed by atoms with van der Waals surface area (Å²) in [6.07, 6.45) is 1.95. The number of ether oxygens (including phenoxy) is 1. The molecular formula is C47H50N4OPt-2. The molecule has 3 heterocycles. The van der Waals surface area contributed by atoms with Crippen molar-refractivity contribution in [3.05, 3.63) is 129 Å². The van der Waals surface area contributed by atoms with Gasteiger partial charge in [-0.15, -0.1) is 0 Å². The Balaban J connectivity index is 1.30. The van der Waals surface area contributed by atoms with Gasteiger partial charge in [0.05, 0.1) is 0 Å². The van der Waals surface area contributed by atoms with Crippen LogP contribution in [0.1, 0.15) is 104 Å². The third-order valence-corrected chi connectivity index (χ3v) is 14.6. The molecule has 0 radical (unpaired) electrons. The van der Waals surface area contributed by atoms with Gasteiger partial charge in [0.1, 0.15) is 0 Å². The summed E-state index contributed by atoms with van der Waals surface area (Å²) in [5.41, 5.74) is 11.5. The maximum atomic E-state index is 6.66. The summed E-state index contributed by atoms with van der Waals surface area (Å²) >= 11 is 2.38. The average molecular weight is 882 g/mol. The van der Waals surface area contributed by atoms with E-state index in [2.05, 4.69) is 195 Å². The normalized spacial score (nSPS) is 17.7. The zero-order valence-electron chi connectivity index (χ0n) is 33.1. The van der Waals surface area contributed by atoms with E-state index in [9.17, 15) is 0 Å². The fraction of sp³-hybridized carbons (Fsp3) is 0.362. The van der Waals surface area contributed by atoms with E-state index in [1.165, 1.54) is 27.8 Å². The molecule has 0 N–H and O–H groups in total. The molecule has 4 aromatic carbocycles. The molecule has 0 saturated heterocycles. The summed E-state index contributed by atoms with van der Waals surface area (Å²) < 4.78 is 12.2. The zero-order chi connectivity index (χ0) is 38.0. The number of aromatic nitrogens is 3. The van der Waals surface area contributed by atoms with Gasteiger partial charge in [-0.3, -0.25) is 0 Å². The minimum atomic E-state index is -0.298. The van der Waals surface area contributed by atoms with Crippen molar-refractivity contribution < 1.29 is 24.1 Å². The molecule has 2 aromatic heterocycles. The van der Waals surface area contributed by atoms with Crippen LogP contribution in [-0.2, 0) is 48.1 Å². The summed E-state index contributed by atoms with van der Waals surface area (Å²) in [6, 6.07) is 35.5. The number of pyridine rings is 1. The van der Waals surface area contributed by atoms with E-state index in [0.717, 1.165) is 37.7 Å². The summed E-state index contributed by atoms with van der Waals surface area (Å²) in [6.45, 7) is 26.0. The van der Waals surface area contributed by atoms with Crippen LogP contribution in [0.5, 0.6) is 11.5 Å².